The highest BCUT2D eigenvalue weighted by molar-refractivity contribution is 6.01. The summed E-state index contributed by atoms with van der Waals surface area (Å²) >= 11 is 0. The zero-order chi connectivity index (χ0) is 13.0. The summed E-state index contributed by atoms with van der Waals surface area (Å²) in [7, 11) is 0. The second-order valence-electron chi connectivity index (χ2n) is 3.35. The number of aromatic hydroxyl groups is 1. The average Bonchev–Trinajstić information content (AvgIpc) is 2.26. The third-order valence-electron chi connectivity index (χ3n) is 2.11. The lowest BCUT2D eigenvalue weighted by atomic mass is 10.0. The smallest absolute Gasteiger partial charge is 0.335 e. The molecule has 0 unspecified atom stereocenters. The highest BCUT2D eigenvalue weighted by atomic mass is 16.4. The van der Waals surface area contributed by atoms with Crippen molar-refractivity contribution in [3.63, 3.8) is 0 Å². The Hall–Kier alpha value is -2.37. The van der Waals surface area contributed by atoms with Crippen molar-refractivity contribution in [3.05, 3.63) is 29.3 Å². The van der Waals surface area contributed by atoms with Crippen LogP contribution in [0.2, 0.25) is 0 Å². The highest BCUT2D eigenvalue weighted by Gasteiger charge is 2.15. The fraction of sp³-hybridized carbons (Fsp3) is 0.182. The summed E-state index contributed by atoms with van der Waals surface area (Å²) in [5.74, 6) is -3.32. The van der Waals surface area contributed by atoms with Crippen LogP contribution in [0.25, 0.3) is 0 Å². The number of carbonyl (C=O) groups is 3. The Morgan fingerprint density at radius 1 is 1.06 bits per heavy atom. The standard InChI is InChI=1S/C11H10O6/c12-8-2-1-6(11(16)17)5-7(8)9(13)3-4-10(14)15/h1-2,5,12H,3-4H2,(H,14,15)(H,16,17). The van der Waals surface area contributed by atoms with Gasteiger partial charge in [0.25, 0.3) is 0 Å². The second-order valence-corrected chi connectivity index (χ2v) is 3.35. The van der Waals surface area contributed by atoms with E-state index in [1.165, 1.54) is 0 Å². The van der Waals surface area contributed by atoms with Gasteiger partial charge in [-0.15, -0.1) is 0 Å². The molecule has 3 N–H and O–H groups in total. The number of rotatable bonds is 5. The van der Waals surface area contributed by atoms with Crippen molar-refractivity contribution in [1.29, 1.82) is 0 Å². The molecule has 6 nitrogen and oxygen atoms in total. The Bertz CT molecular complexity index is 477. The third-order valence-corrected chi connectivity index (χ3v) is 2.11. The van der Waals surface area contributed by atoms with E-state index < -0.39 is 17.7 Å². The van der Waals surface area contributed by atoms with Gasteiger partial charge in [0.2, 0.25) is 0 Å². The van der Waals surface area contributed by atoms with Crippen molar-refractivity contribution in [1.82, 2.24) is 0 Å². The highest BCUT2D eigenvalue weighted by Crippen LogP contribution is 2.20. The molecule has 0 aliphatic heterocycles. The zero-order valence-electron chi connectivity index (χ0n) is 8.71. The van der Waals surface area contributed by atoms with E-state index in [4.69, 9.17) is 10.2 Å². The maximum Gasteiger partial charge on any atom is 0.335 e. The molecule has 0 atom stereocenters. The van der Waals surface area contributed by atoms with E-state index in [1.807, 2.05) is 0 Å². The molecule has 0 radical (unpaired) electrons. The summed E-state index contributed by atoms with van der Waals surface area (Å²) in [6, 6.07) is 3.28. The molecule has 0 aromatic heterocycles. The number of hydrogen-bond donors (Lipinski definition) is 3. The summed E-state index contributed by atoms with van der Waals surface area (Å²) in [6.45, 7) is 0. The van der Waals surface area contributed by atoms with Gasteiger partial charge < -0.3 is 15.3 Å². The molecule has 1 aromatic carbocycles. The molecule has 0 bridgehead atoms. The minimum atomic E-state index is -1.22. The molecule has 0 saturated carbocycles. The van der Waals surface area contributed by atoms with Gasteiger partial charge >= 0.3 is 11.9 Å². The first-order valence-corrected chi connectivity index (χ1v) is 4.73. The molecular formula is C11H10O6. The Kier molecular flexibility index (Phi) is 3.82. The monoisotopic (exact) mass is 238 g/mol. The number of Topliss-reactive ketones (excluding diaryl/α,β-unsaturated/α-hetero) is 1. The number of phenolic OH excluding ortho intramolecular Hbond substituents is 1. The van der Waals surface area contributed by atoms with Crippen LogP contribution < -0.4 is 0 Å². The molecule has 0 amide bonds. The van der Waals surface area contributed by atoms with Gasteiger partial charge in [0.15, 0.2) is 5.78 Å². The maximum absolute atomic E-state index is 11.5. The molecule has 90 valence electrons. The van der Waals surface area contributed by atoms with Crippen molar-refractivity contribution in [2.45, 2.75) is 12.8 Å². The largest absolute Gasteiger partial charge is 0.507 e. The lowest BCUT2D eigenvalue weighted by molar-refractivity contribution is -0.136. The minimum Gasteiger partial charge on any atom is -0.507 e. The fourth-order valence-corrected chi connectivity index (χ4v) is 1.25. The molecule has 1 rings (SSSR count). The van der Waals surface area contributed by atoms with Gasteiger partial charge in [-0.05, 0) is 18.2 Å². The predicted octanol–water partition coefficient (Wildman–Crippen LogP) is 1.14. The van der Waals surface area contributed by atoms with Crippen LogP contribution in [-0.2, 0) is 4.79 Å². The molecule has 0 aliphatic carbocycles. The minimum absolute atomic E-state index is 0.138. The topological polar surface area (TPSA) is 112 Å². The summed E-state index contributed by atoms with van der Waals surface area (Å²) in [6.07, 6.45) is -0.651. The van der Waals surface area contributed by atoms with E-state index in [-0.39, 0.29) is 29.7 Å². The lowest BCUT2D eigenvalue weighted by Gasteiger charge is -2.04. The summed E-state index contributed by atoms with van der Waals surface area (Å²) < 4.78 is 0. The summed E-state index contributed by atoms with van der Waals surface area (Å²) in [4.78, 5) is 32.5. The first-order chi connectivity index (χ1) is 7.91. The normalized spacial score (nSPS) is 9.88. The van der Waals surface area contributed by atoms with Gasteiger partial charge in [-0.3, -0.25) is 9.59 Å². The van der Waals surface area contributed by atoms with Gasteiger partial charge in [0.1, 0.15) is 5.75 Å². The van der Waals surface area contributed by atoms with Crippen LogP contribution >= 0.6 is 0 Å². The zero-order valence-corrected chi connectivity index (χ0v) is 8.71. The number of carboxylic acids is 2. The Morgan fingerprint density at radius 2 is 1.71 bits per heavy atom. The second kappa shape index (κ2) is 5.11. The number of ketones is 1. The van der Waals surface area contributed by atoms with Crippen LogP contribution in [0.3, 0.4) is 0 Å². The van der Waals surface area contributed by atoms with Gasteiger partial charge in [-0.1, -0.05) is 0 Å². The van der Waals surface area contributed by atoms with E-state index >= 15 is 0 Å². The quantitative estimate of drug-likeness (QED) is 0.663. The molecule has 0 aliphatic rings. The molecule has 17 heavy (non-hydrogen) atoms. The SMILES string of the molecule is O=C(O)CCC(=O)c1cc(C(=O)O)ccc1O. The molecule has 0 heterocycles. The van der Waals surface area contributed by atoms with E-state index in [2.05, 4.69) is 0 Å². The van der Waals surface area contributed by atoms with Crippen LogP contribution in [0.15, 0.2) is 18.2 Å². The Balaban J connectivity index is 2.95. The van der Waals surface area contributed by atoms with E-state index in [0.29, 0.717) is 0 Å². The summed E-state index contributed by atoms with van der Waals surface area (Å²) in [5.41, 5.74) is -0.312. The van der Waals surface area contributed by atoms with Crippen molar-refractivity contribution >= 4 is 17.7 Å². The Labute approximate surface area is 96.1 Å². The van der Waals surface area contributed by atoms with Crippen molar-refractivity contribution in [2.75, 3.05) is 0 Å². The number of aromatic carboxylic acids is 1. The van der Waals surface area contributed by atoms with Gasteiger partial charge in [-0.2, -0.15) is 0 Å². The predicted molar refractivity (Wildman–Crippen MR) is 56.3 cm³/mol. The van der Waals surface area contributed by atoms with Crippen LogP contribution in [-0.4, -0.2) is 33.0 Å². The van der Waals surface area contributed by atoms with Crippen molar-refractivity contribution in [2.24, 2.45) is 0 Å². The van der Waals surface area contributed by atoms with Crippen LogP contribution in [0.1, 0.15) is 33.6 Å². The van der Waals surface area contributed by atoms with E-state index in [1.54, 1.807) is 0 Å². The average molecular weight is 238 g/mol. The van der Waals surface area contributed by atoms with E-state index in [9.17, 15) is 19.5 Å². The van der Waals surface area contributed by atoms with Crippen LogP contribution in [0.4, 0.5) is 0 Å². The van der Waals surface area contributed by atoms with Crippen molar-refractivity contribution in [3.8, 4) is 5.75 Å². The van der Waals surface area contributed by atoms with Crippen LogP contribution in [0.5, 0.6) is 5.75 Å². The lowest BCUT2D eigenvalue weighted by Crippen LogP contribution is -2.06. The van der Waals surface area contributed by atoms with Crippen molar-refractivity contribution < 1.29 is 29.7 Å². The van der Waals surface area contributed by atoms with E-state index in [0.717, 1.165) is 18.2 Å². The maximum atomic E-state index is 11.5. The number of benzene rings is 1. The van der Waals surface area contributed by atoms with Gasteiger partial charge in [-0.25, -0.2) is 4.79 Å². The molecule has 1 aromatic rings. The number of carbonyl (C=O) groups excluding carboxylic acids is 1. The number of carboxylic acid groups (broad SMARTS) is 2. The molecule has 0 fully saturated rings. The molecule has 6 heteroatoms. The number of aliphatic carboxylic acids is 1. The van der Waals surface area contributed by atoms with Gasteiger partial charge in [0.05, 0.1) is 17.5 Å². The first kappa shape index (κ1) is 12.7. The third kappa shape index (κ3) is 3.30. The first-order valence-electron chi connectivity index (χ1n) is 4.73. The fourth-order valence-electron chi connectivity index (χ4n) is 1.25. The van der Waals surface area contributed by atoms with Crippen LogP contribution in [0, 0.1) is 0 Å². The number of hydrogen-bond acceptors (Lipinski definition) is 4. The number of phenols is 1. The molecule has 0 spiro atoms. The summed E-state index contributed by atoms with van der Waals surface area (Å²) in [5, 5.41) is 26.5. The molecular weight excluding hydrogens is 228 g/mol. The molecule has 0 saturated heterocycles. The van der Waals surface area contributed by atoms with Gasteiger partial charge in [0, 0.05) is 6.42 Å². The Morgan fingerprint density at radius 3 is 2.24 bits per heavy atom.